The highest BCUT2D eigenvalue weighted by molar-refractivity contribution is 7.92. The predicted molar refractivity (Wildman–Crippen MR) is 115 cm³/mol. The number of benzene rings is 3. The minimum absolute atomic E-state index is 0.141. The summed E-state index contributed by atoms with van der Waals surface area (Å²) in [6.07, 6.45) is -0.483. The lowest BCUT2D eigenvalue weighted by Gasteiger charge is -2.34. The molecule has 0 bridgehead atoms. The van der Waals surface area contributed by atoms with Gasteiger partial charge < -0.3 is 10.1 Å². The Morgan fingerprint density at radius 1 is 1.00 bits per heavy atom. The summed E-state index contributed by atoms with van der Waals surface area (Å²) in [6, 6.07) is 20.9. The number of nitrogens with zero attached hydrogens (tertiary/aromatic N) is 1. The van der Waals surface area contributed by atoms with Crippen molar-refractivity contribution in [1.82, 2.24) is 5.32 Å². The monoisotopic (exact) mass is 440 g/mol. The molecule has 0 saturated heterocycles. The highest BCUT2D eigenvalue weighted by Gasteiger charge is 2.37. The maximum absolute atomic E-state index is 13.3. The zero-order chi connectivity index (χ0) is 21.8. The first-order valence-corrected chi connectivity index (χ1v) is 11.2. The van der Waals surface area contributed by atoms with Crippen molar-refractivity contribution in [2.45, 2.75) is 17.4 Å². The van der Waals surface area contributed by atoms with E-state index in [0.717, 1.165) is 5.56 Å². The molecule has 0 aromatic heterocycles. The lowest BCUT2D eigenvalue weighted by Crippen LogP contribution is -2.50. The molecule has 160 valence electrons. The molecule has 1 amide bonds. The van der Waals surface area contributed by atoms with Gasteiger partial charge in [0.15, 0.2) is 6.10 Å². The minimum atomic E-state index is -3.87. The van der Waals surface area contributed by atoms with E-state index >= 15 is 0 Å². The number of hydrogen-bond acceptors (Lipinski definition) is 4. The van der Waals surface area contributed by atoms with Crippen LogP contribution in [0.1, 0.15) is 5.56 Å². The number of sulfonamides is 1. The third kappa shape index (κ3) is 4.54. The van der Waals surface area contributed by atoms with Crippen molar-refractivity contribution >= 4 is 21.6 Å². The lowest BCUT2D eigenvalue weighted by atomic mass is 10.1. The van der Waals surface area contributed by atoms with Gasteiger partial charge in [0.05, 0.1) is 17.1 Å². The number of carbonyl (C=O) groups is 1. The van der Waals surface area contributed by atoms with Crippen LogP contribution >= 0.6 is 0 Å². The third-order valence-corrected chi connectivity index (χ3v) is 6.78. The van der Waals surface area contributed by atoms with E-state index in [2.05, 4.69) is 5.32 Å². The fourth-order valence-corrected chi connectivity index (χ4v) is 4.88. The van der Waals surface area contributed by atoms with E-state index < -0.39 is 22.0 Å². The zero-order valence-corrected chi connectivity index (χ0v) is 17.4. The van der Waals surface area contributed by atoms with E-state index in [-0.39, 0.29) is 17.3 Å². The van der Waals surface area contributed by atoms with Crippen LogP contribution in [0.5, 0.6) is 5.75 Å². The number of anilines is 1. The number of rotatable bonds is 6. The molecule has 1 heterocycles. The molecule has 0 saturated carbocycles. The number of ether oxygens (including phenoxy) is 1. The molecule has 3 aromatic rings. The highest BCUT2D eigenvalue weighted by Crippen LogP contribution is 2.36. The van der Waals surface area contributed by atoms with Gasteiger partial charge in [-0.25, -0.2) is 12.8 Å². The van der Waals surface area contributed by atoms with Crippen molar-refractivity contribution < 1.29 is 22.3 Å². The van der Waals surface area contributed by atoms with Gasteiger partial charge in [-0.2, -0.15) is 0 Å². The van der Waals surface area contributed by atoms with Crippen LogP contribution in [0, 0.1) is 5.82 Å². The molecule has 0 radical (unpaired) electrons. The summed E-state index contributed by atoms with van der Waals surface area (Å²) in [4.78, 5) is 12.9. The van der Waals surface area contributed by atoms with Crippen molar-refractivity contribution in [1.29, 1.82) is 0 Å². The molecule has 0 spiro atoms. The van der Waals surface area contributed by atoms with Crippen molar-refractivity contribution in [2.75, 3.05) is 17.4 Å². The molecular formula is C23H21FN2O4S. The largest absolute Gasteiger partial charge is 0.476 e. The van der Waals surface area contributed by atoms with Crippen LogP contribution in [-0.2, 0) is 21.2 Å². The van der Waals surface area contributed by atoms with Crippen LogP contribution in [0.4, 0.5) is 10.1 Å². The van der Waals surface area contributed by atoms with Gasteiger partial charge in [-0.3, -0.25) is 9.10 Å². The molecular weight excluding hydrogens is 419 g/mol. The zero-order valence-electron chi connectivity index (χ0n) is 16.6. The first kappa shape index (κ1) is 20.9. The summed E-state index contributed by atoms with van der Waals surface area (Å²) in [5.41, 5.74) is 1.27. The Bertz CT molecular complexity index is 1170. The SMILES string of the molecule is O=C(NCCc1ccc(F)cc1)C1CN(S(=O)(=O)c2ccccc2)c2ccccc2O1. The van der Waals surface area contributed by atoms with E-state index in [1.54, 1.807) is 54.6 Å². The van der Waals surface area contributed by atoms with Crippen molar-refractivity contribution in [2.24, 2.45) is 0 Å². The normalized spacial score (nSPS) is 15.6. The van der Waals surface area contributed by atoms with Crippen LogP contribution < -0.4 is 14.4 Å². The third-order valence-electron chi connectivity index (χ3n) is 4.98. The second-order valence-electron chi connectivity index (χ2n) is 7.09. The molecule has 1 aliphatic heterocycles. The molecule has 4 rings (SSSR count). The topological polar surface area (TPSA) is 75.7 Å². The van der Waals surface area contributed by atoms with Gasteiger partial charge in [0.1, 0.15) is 11.6 Å². The summed E-state index contributed by atoms with van der Waals surface area (Å²) in [6.45, 7) is 0.175. The quantitative estimate of drug-likeness (QED) is 0.639. The standard InChI is InChI=1S/C23H21FN2O4S/c24-18-12-10-17(11-13-18)14-15-25-23(27)22-16-26(20-8-4-5-9-21(20)30-22)31(28,29)19-6-2-1-3-7-19/h1-13,22H,14-16H2,(H,25,27). The van der Waals surface area contributed by atoms with Crippen LogP contribution in [0.25, 0.3) is 0 Å². The molecule has 1 atom stereocenters. The summed E-state index contributed by atoms with van der Waals surface area (Å²) >= 11 is 0. The van der Waals surface area contributed by atoms with Gasteiger partial charge in [-0.1, -0.05) is 42.5 Å². The van der Waals surface area contributed by atoms with Gasteiger partial charge in [0.25, 0.3) is 15.9 Å². The van der Waals surface area contributed by atoms with E-state index in [4.69, 9.17) is 4.74 Å². The van der Waals surface area contributed by atoms with Crippen molar-refractivity contribution in [3.05, 3.63) is 90.2 Å². The Kier molecular flexibility index (Phi) is 5.90. The number of amides is 1. The summed E-state index contributed by atoms with van der Waals surface area (Å²) in [7, 11) is -3.87. The van der Waals surface area contributed by atoms with E-state index in [1.807, 2.05) is 0 Å². The molecule has 0 aliphatic carbocycles. The molecule has 3 aromatic carbocycles. The minimum Gasteiger partial charge on any atom is -0.476 e. The Balaban J connectivity index is 1.51. The fraction of sp³-hybridized carbons (Fsp3) is 0.174. The maximum Gasteiger partial charge on any atom is 0.264 e. The van der Waals surface area contributed by atoms with Gasteiger partial charge in [0, 0.05) is 6.54 Å². The lowest BCUT2D eigenvalue weighted by molar-refractivity contribution is -0.127. The smallest absolute Gasteiger partial charge is 0.264 e. The first-order chi connectivity index (χ1) is 14.9. The van der Waals surface area contributed by atoms with Crippen LogP contribution in [0.2, 0.25) is 0 Å². The van der Waals surface area contributed by atoms with E-state index in [9.17, 15) is 17.6 Å². The second-order valence-corrected chi connectivity index (χ2v) is 8.95. The van der Waals surface area contributed by atoms with E-state index in [1.165, 1.54) is 28.6 Å². The van der Waals surface area contributed by atoms with Crippen LogP contribution in [0.3, 0.4) is 0 Å². The summed E-state index contributed by atoms with van der Waals surface area (Å²) < 4.78 is 46.5. The fourth-order valence-electron chi connectivity index (χ4n) is 3.38. The van der Waals surface area contributed by atoms with Gasteiger partial charge in [0.2, 0.25) is 0 Å². The number of halogens is 1. The van der Waals surface area contributed by atoms with Crippen molar-refractivity contribution in [3.63, 3.8) is 0 Å². The van der Waals surface area contributed by atoms with Crippen LogP contribution in [-0.4, -0.2) is 33.5 Å². The average molecular weight is 440 g/mol. The van der Waals surface area contributed by atoms with Gasteiger partial charge >= 0.3 is 0 Å². The molecule has 31 heavy (non-hydrogen) atoms. The second kappa shape index (κ2) is 8.77. The number of carbonyl (C=O) groups excluding carboxylic acids is 1. The molecule has 0 fully saturated rings. The first-order valence-electron chi connectivity index (χ1n) is 9.81. The average Bonchev–Trinajstić information content (AvgIpc) is 2.80. The number of fused-ring (bicyclic) bond motifs is 1. The molecule has 1 aliphatic rings. The highest BCUT2D eigenvalue weighted by atomic mass is 32.2. The van der Waals surface area contributed by atoms with Crippen LogP contribution in [0.15, 0.2) is 83.8 Å². The molecule has 6 nitrogen and oxygen atoms in total. The molecule has 8 heteroatoms. The number of hydrogen-bond donors (Lipinski definition) is 1. The maximum atomic E-state index is 13.3. The Morgan fingerprint density at radius 3 is 2.42 bits per heavy atom. The predicted octanol–water partition coefficient (Wildman–Crippen LogP) is 3.14. The number of para-hydroxylation sites is 2. The number of nitrogens with one attached hydrogen (secondary N) is 1. The molecule has 1 unspecified atom stereocenters. The Hall–Kier alpha value is -3.39. The summed E-state index contributed by atoms with van der Waals surface area (Å²) in [5, 5.41) is 2.78. The van der Waals surface area contributed by atoms with Gasteiger partial charge in [-0.15, -0.1) is 0 Å². The Morgan fingerprint density at radius 2 is 1.68 bits per heavy atom. The van der Waals surface area contributed by atoms with Gasteiger partial charge in [-0.05, 0) is 48.4 Å². The van der Waals surface area contributed by atoms with E-state index in [0.29, 0.717) is 24.4 Å². The molecule has 1 N–H and O–H groups in total. The van der Waals surface area contributed by atoms with Crippen molar-refractivity contribution in [3.8, 4) is 5.75 Å². The summed E-state index contributed by atoms with van der Waals surface area (Å²) in [5.74, 6) is -0.404. The Labute approximate surface area is 180 Å².